The molecule has 0 spiro atoms. The zero-order chi connectivity index (χ0) is 19.2. The number of hydrogen-bond donors (Lipinski definition) is 0. The summed E-state index contributed by atoms with van der Waals surface area (Å²) >= 11 is 0. The number of aromatic nitrogens is 2. The van der Waals surface area contributed by atoms with Crippen molar-refractivity contribution >= 4 is 11.8 Å². The smallest absolute Gasteiger partial charge is 0.272 e. The molecule has 1 aliphatic rings. The maximum Gasteiger partial charge on any atom is 0.272 e. The number of piperidine rings is 1. The lowest BCUT2D eigenvalue weighted by molar-refractivity contribution is 0.0691. The number of carbonyl (C=O) groups is 2. The number of carbonyl (C=O) groups excluding carboxylic acids is 2. The Bertz CT molecular complexity index is 786. The molecule has 142 valence electrons. The fourth-order valence-corrected chi connectivity index (χ4v) is 3.22. The van der Waals surface area contributed by atoms with Crippen molar-refractivity contribution < 1.29 is 9.59 Å². The lowest BCUT2D eigenvalue weighted by Gasteiger charge is -2.30. The van der Waals surface area contributed by atoms with Crippen molar-refractivity contribution in [2.24, 2.45) is 5.92 Å². The van der Waals surface area contributed by atoms with E-state index < -0.39 is 0 Å². The van der Waals surface area contributed by atoms with Crippen LogP contribution in [0.25, 0.3) is 0 Å². The highest BCUT2D eigenvalue weighted by Crippen LogP contribution is 2.18. The zero-order valence-electron chi connectivity index (χ0n) is 16.0. The molecule has 0 aliphatic carbocycles. The van der Waals surface area contributed by atoms with Crippen molar-refractivity contribution in [3.8, 4) is 0 Å². The number of pyridine rings is 2. The Balaban J connectivity index is 1.63. The average molecular weight is 366 g/mol. The van der Waals surface area contributed by atoms with E-state index in [1.807, 2.05) is 17.0 Å². The summed E-state index contributed by atoms with van der Waals surface area (Å²) < 4.78 is 0. The summed E-state index contributed by atoms with van der Waals surface area (Å²) in [6.07, 6.45) is 7.83. The standard InChI is InChI=1S/C21H26N4O2/c1-16-6-13-25(14-7-16)21(27)19-15-18(5-11-23-19)20(26)24(2)12-8-17-3-9-22-10-4-17/h3-5,9-11,15-16H,6-8,12-14H2,1-2H3. The molecule has 0 atom stereocenters. The van der Waals surface area contributed by atoms with Crippen LogP contribution >= 0.6 is 0 Å². The van der Waals surface area contributed by atoms with Crippen molar-refractivity contribution in [2.45, 2.75) is 26.2 Å². The van der Waals surface area contributed by atoms with E-state index in [0.29, 0.717) is 23.7 Å². The van der Waals surface area contributed by atoms with E-state index in [-0.39, 0.29) is 11.8 Å². The quantitative estimate of drug-likeness (QED) is 0.816. The summed E-state index contributed by atoms with van der Waals surface area (Å²) in [4.78, 5) is 37.1. The molecule has 0 unspecified atom stereocenters. The van der Waals surface area contributed by atoms with Crippen LogP contribution in [0.3, 0.4) is 0 Å². The van der Waals surface area contributed by atoms with Crippen LogP contribution < -0.4 is 0 Å². The molecular formula is C21H26N4O2. The highest BCUT2D eigenvalue weighted by molar-refractivity contribution is 5.98. The number of nitrogens with zero attached hydrogens (tertiary/aromatic N) is 4. The van der Waals surface area contributed by atoms with Gasteiger partial charge in [-0.3, -0.25) is 19.6 Å². The Morgan fingerprint density at radius 3 is 2.56 bits per heavy atom. The molecule has 2 aromatic rings. The van der Waals surface area contributed by atoms with E-state index in [2.05, 4.69) is 16.9 Å². The zero-order valence-corrected chi connectivity index (χ0v) is 16.0. The van der Waals surface area contributed by atoms with Gasteiger partial charge in [-0.2, -0.15) is 0 Å². The summed E-state index contributed by atoms with van der Waals surface area (Å²) in [7, 11) is 1.78. The van der Waals surface area contributed by atoms with Crippen LogP contribution in [0.2, 0.25) is 0 Å². The molecule has 2 aromatic heterocycles. The molecule has 27 heavy (non-hydrogen) atoms. The second-order valence-electron chi connectivity index (χ2n) is 7.24. The maximum atomic E-state index is 12.7. The summed E-state index contributed by atoms with van der Waals surface area (Å²) in [5.41, 5.74) is 1.98. The van der Waals surface area contributed by atoms with Crippen LogP contribution in [-0.4, -0.2) is 58.3 Å². The van der Waals surface area contributed by atoms with Crippen LogP contribution in [0, 0.1) is 5.92 Å². The van der Waals surface area contributed by atoms with Crippen molar-refractivity contribution in [3.63, 3.8) is 0 Å². The Labute approximate surface area is 160 Å². The van der Waals surface area contributed by atoms with E-state index in [4.69, 9.17) is 0 Å². The second kappa shape index (κ2) is 8.75. The van der Waals surface area contributed by atoms with Gasteiger partial charge < -0.3 is 9.80 Å². The van der Waals surface area contributed by atoms with Crippen LogP contribution in [-0.2, 0) is 6.42 Å². The fraction of sp³-hybridized carbons (Fsp3) is 0.429. The third kappa shape index (κ3) is 4.90. The first-order valence-corrected chi connectivity index (χ1v) is 9.44. The molecule has 0 saturated carbocycles. The van der Waals surface area contributed by atoms with Crippen molar-refractivity contribution in [1.29, 1.82) is 0 Å². The highest BCUT2D eigenvalue weighted by atomic mass is 16.2. The van der Waals surface area contributed by atoms with Crippen LogP contribution in [0.1, 0.15) is 46.2 Å². The minimum absolute atomic E-state index is 0.0870. The van der Waals surface area contributed by atoms with Gasteiger partial charge in [0.25, 0.3) is 11.8 Å². The number of amides is 2. The lowest BCUT2D eigenvalue weighted by atomic mass is 9.99. The summed E-state index contributed by atoms with van der Waals surface area (Å²) in [6.45, 7) is 4.32. The molecule has 3 rings (SSSR count). The fourth-order valence-electron chi connectivity index (χ4n) is 3.22. The van der Waals surface area contributed by atoms with Gasteiger partial charge in [0.2, 0.25) is 0 Å². The minimum Gasteiger partial charge on any atom is -0.341 e. The molecule has 1 saturated heterocycles. The Kier molecular flexibility index (Phi) is 6.16. The SMILES string of the molecule is CC1CCN(C(=O)c2cc(C(=O)N(C)CCc3ccncc3)ccn2)CC1. The molecule has 0 radical (unpaired) electrons. The molecule has 1 fully saturated rings. The van der Waals surface area contributed by atoms with Gasteiger partial charge in [0, 0.05) is 50.8 Å². The molecule has 1 aliphatic heterocycles. The molecule has 0 aromatic carbocycles. The first-order chi connectivity index (χ1) is 13.0. The van der Waals surface area contributed by atoms with Crippen LogP contribution in [0.15, 0.2) is 42.9 Å². The molecule has 2 amide bonds. The summed E-state index contributed by atoms with van der Waals surface area (Å²) in [5, 5.41) is 0. The second-order valence-corrected chi connectivity index (χ2v) is 7.24. The average Bonchev–Trinajstić information content (AvgIpc) is 2.72. The van der Waals surface area contributed by atoms with Crippen molar-refractivity contribution in [3.05, 3.63) is 59.7 Å². The first-order valence-electron chi connectivity index (χ1n) is 9.44. The van der Waals surface area contributed by atoms with Crippen molar-refractivity contribution in [2.75, 3.05) is 26.7 Å². The van der Waals surface area contributed by atoms with Gasteiger partial charge in [0.15, 0.2) is 0 Å². The van der Waals surface area contributed by atoms with Crippen molar-refractivity contribution in [1.82, 2.24) is 19.8 Å². The van der Waals surface area contributed by atoms with Gasteiger partial charge in [0.1, 0.15) is 5.69 Å². The highest BCUT2D eigenvalue weighted by Gasteiger charge is 2.23. The van der Waals surface area contributed by atoms with Gasteiger partial charge in [-0.25, -0.2) is 0 Å². The summed E-state index contributed by atoms with van der Waals surface area (Å²) in [5.74, 6) is 0.465. The Morgan fingerprint density at radius 2 is 1.85 bits per heavy atom. The van der Waals surface area contributed by atoms with E-state index in [0.717, 1.165) is 37.9 Å². The predicted molar refractivity (Wildman–Crippen MR) is 103 cm³/mol. The van der Waals surface area contributed by atoms with Gasteiger partial charge in [-0.15, -0.1) is 0 Å². The molecular weight excluding hydrogens is 340 g/mol. The minimum atomic E-state index is -0.104. The van der Waals surface area contributed by atoms with Gasteiger partial charge in [-0.1, -0.05) is 6.92 Å². The largest absolute Gasteiger partial charge is 0.341 e. The molecule has 6 heteroatoms. The third-order valence-electron chi connectivity index (χ3n) is 5.13. The number of rotatable bonds is 5. The molecule has 6 nitrogen and oxygen atoms in total. The number of likely N-dealkylation sites (tertiary alicyclic amines) is 1. The van der Waals surface area contributed by atoms with Gasteiger partial charge in [0.05, 0.1) is 0 Å². The molecule has 0 N–H and O–H groups in total. The number of hydrogen-bond acceptors (Lipinski definition) is 4. The van der Waals surface area contributed by atoms with Gasteiger partial charge in [-0.05, 0) is 55.0 Å². The monoisotopic (exact) mass is 366 g/mol. The van der Waals surface area contributed by atoms with Gasteiger partial charge >= 0.3 is 0 Å². The van der Waals surface area contributed by atoms with E-state index in [9.17, 15) is 9.59 Å². The Hall–Kier alpha value is -2.76. The van der Waals surface area contributed by atoms with Crippen LogP contribution in [0.4, 0.5) is 0 Å². The van der Waals surface area contributed by atoms with Crippen LogP contribution in [0.5, 0.6) is 0 Å². The predicted octanol–water partition coefficient (Wildman–Crippen LogP) is 2.66. The molecule has 3 heterocycles. The third-order valence-corrected chi connectivity index (χ3v) is 5.13. The van der Waals surface area contributed by atoms with E-state index in [1.54, 1.807) is 42.7 Å². The summed E-state index contributed by atoms with van der Waals surface area (Å²) in [6, 6.07) is 7.17. The first kappa shape index (κ1) is 19.0. The molecule has 0 bridgehead atoms. The maximum absolute atomic E-state index is 12.7. The van der Waals surface area contributed by atoms with E-state index in [1.165, 1.54) is 0 Å². The number of likely N-dealkylation sites (N-methyl/N-ethyl adjacent to an activating group) is 1. The Morgan fingerprint density at radius 1 is 1.15 bits per heavy atom. The van der Waals surface area contributed by atoms with E-state index >= 15 is 0 Å². The topological polar surface area (TPSA) is 66.4 Å². The lowest BCUT2D eigenvalue weighted by Crippen LogP contribution is -2.38. The normalized spacial score (nSPS) is 14.8.